The highest BCUT2D eigenvalue weighted by Crippen LogP contribution is 2.34. The van der Waals surface area contributed by atoms with Crippen molar-refractivity contribution in [2.45, 2.75) is 70.2 Å². The first-order chi connectivity index (χ1) is 8.30. The van der Waals surface area contributed by atoms with E-state index in [-0.39, 0.29) is 5.85 Å². The molecule has 0 amide bonds. The van der Waals surface area contributed by atoms with Crippen molar-refractivity contribution in [3.8, 4) is 0 Å². The smallest absolute Gasteiger partial charge is 0.167 e. The lowest BCUT2D eigenvalue weighted by atomic mass is 9.99. The first kappa shape index (κ1) is 13.5. The van der Waals surface area contributed by atoms with Gasteiger partial charge >= 0.3 is 0 Å². The molecule has 0 saturated heterocycles. The zero-order chi connectivity index (χ0) is 12.1. The molecule has 3 nitrogen and oxygen atoms in total. The van der Waals surface area contributed by atoms with Gasteiger partial charge in [-0.25, -0.2) is 0 Å². The molecule has 1 unspecified atom stereocenters. The zero-order valence-corrected chi connectivity index (χ0v) is 13.4. The minimum Gasteiger partial charge on any atom is -0.399 e. The summed E-state index contributed by atoms with van der Waals surface area (Å²) >= 11 is 0. The Morgan fingerprint density at radius 3 is 2.24 bits per heavy atom. The predicted molar refractivity (Wildman–Crippen MR) is 74.8 cm³/mol. The van der Waals surface area contributed by atoms with Crippen LogP contribution in [0.5, 0.6) is 0 Å². The lowest BCUT2D eigenvalue weighted by molar-refractivity contribution is -0.0555. The molecule has 1 atom stereocenters. The van der Waals surface area contributed by atoms with Gasteiger partial charge in [0.15, 0.2) is 5.85 Å². The summed E-state index contributed by atoms with van der Waals surface area (Å²) in [6.07, 6.45) is 10.8. The maximum Gasteiger partial charge on any atom is 0.167 e. The molecule has 0 aromatic rings. The second-order valence-corrected chi connectivity index (χ2v) is 5.99. The third-order valence-electron chi connectivity index (χ3n) is 4.47. The molecule has 2 aliphatic carbocycles. The van der Waals surface area contributed by atoms with Gasteiger partial charge < -0.3 is 4.43 Å². The standard InChI is InChI=1S/C13H28N2OSi/c1-2-14-13(16-17,11-7-3-4-8-11)15-12-9-5-6-10-12/h11-12,14-15H,2-10H2,1,17H3. The van der Waals surface area contributed by atoms with Gasteiger partial charge in [0.05, 0.1) is 0 Å². The Morgan fingerprint density at radius 2 is 1.71 bits per heavy atom. The second kappa shape index (κ2) is 6.32. The molecular formula is C13H28N2OSi. The quantitative estimate of drug-likeness (QED) is 0.555. The predicted octanol–water partition coefficient (Wildman–Crippen LogP) is 1.27. The lowest BCUT2D eigenvalue weighted by Crippen LogP contribution is -2.65. The number of rotatable bonds is 6. The van der Waals surface area contributed by atoms with Crippen LogP contribution in [-0.2, 0) is 4.43 Å². The molecular weight excluding hydrogens is 228 g/mol. The summed E-state index contributed by atoms with van der Waals surface area (Å²) in [6, 6.07) is 0.670. The number of nitrogens with one attached hydrogen (secondary N) is 2. The highest BCUT2D eigenvalue weighted by Gasteiger charge is 2.41. The molecule has 0 radical (unpaired) electrons. The summed E-state index contributed by atoms with van der Waals surface area (Å²) in [5.74, 6) is 0.465. The molecule has 2 rings (SSSR count). The van der Waals surface area contributed by atoms with Gasteiger partial charge in [0, 0.05) is 12.0 Å². The van der Waals surface area contributed by atoms with Crippen LogP contribution in [-0.4, -0.2) is 28.9 Å². The number of hydrogen-bond donors (Lipinski definition) is 2. The van der Waals surface area contributed by atoms with Crippen LogP contribution in [0, 0.1) is 5.92 Å². The average Bonchev–Trinajstić information content (AvgIpc) is 3.01. The van der Waals surface area contributed by atoms with Crippen molar-refractivity contribution in [3.63, 3.8) is 0 Å². The molecule has 17 heavy (non-hydrogen) atoms. The molecule has 0 aromatic heterocycles. The van der Waals surface area contributed by atoms with Gasteiger partial charge in [0.25, 0.3) is 0 Å². The van der Waals surface area contributed by atoms with Crippen LogP contribution in [0.4, 0.5) is 0 Å². The highest BCUT2D eigenvalue weighted by atomic mass is 28.2. The first-order valence-electron chi connectivity index (χ1n) is 7.38. The molecule has 0 spiro atoms. The van der Waals surface area contributed by atoms with E-state index in [9.17, 15) is 0 Å². The molecule has 4 heteroatoms. The Hall–Kier alpha value is 0.0969. The largest absolute Gasteiger partial charge is 0.399 e. The van der Waals surface area contributed by atoms with Crippen molar-refractivity contribution < 1.29 is 4.43 Å². The van der Waals surface area contributed by atoms with E-state index in [0.717, 1.165) is 17.0 Å². The van der Waals surface area contributed by atoms with Gasteiger partial charge in [0.1, 0.15) is 10.5 Å². The fraction of sp³-hybridized carbons (Fsp3) is 1.00. The molecule has 0 aromatic carbocycles. The lowest BCUT2D eigenvalue weighted by Gasteiger charge is -2.42. The second-order valence-electron chi connectivity index (χ2n) is 5.58. The zero-order valence-electron chi connectivity index (χ0n) is 11.4. The van der Waals surface area contributed by atoms with Crippen LogP contribution in [0.2, 0.25) is 0 Å². The molecule has 0 aliphatic heterocycles. The summed E-state index contributed by atoms with van der Waals surface area (Å²) < 4.78 is 6.04. The van der Waals surface area contributed by atoms with E-state index in [4.69, 9.17) is 4.43 Å². The summed E-state index contributed by atoms with van der Waals surface area (Å²) in [4.78, 5) is 0. The van der Waals surface area contributed by atoms with E-state index in [1.54, 1.807) is 0 Å². The van der Waals surface area contributed by atoms with E-state index >= 15 is 0 Å². The van der Waals surface area contributed by atoms with Crippen LogP contribution in [0.25, 0.3) is 0 Å². The SMILES string of the molecule is CCNC(NC1CCCC1)(O[SiH3])C1CCCC1. The van der Waals surface area contributed by atoms with Crippen molar-refractivity contribution >= 4 is 10.5 Å². The first-order valence-corrected chi connectivity index (χ1v) is 8.20. The summed E-state index contributed by atoms with van der Waals surface area (Å²) in [6.45, 7) is 3.17. The maximum atomic E-state index is 6.04. The van der Waals surface area contributed by atoms with Crippen LogP contribution < -0.4 is 10.6 Å². The van der Waals surface area contributed by atoms with Gasteiger partial charge in [-0.1, -0.05) is 32.6 Å². The van der Waals surface area contributed by atoms with Crippen molar-refractivity contribution in [2.75, 3.05) is 6.54 Å². The van der Waals surface area contributed by atoms with Crippen molar-refractivity contribution in [3.05, 3.63) is 0 Å². The Morgan fingerprint density at radius 1 is 1.12 bits per heavy atom. The molecule has 2 fully saturated rings. The maximum absolute atomic E-state index is 6.04. The fourth-order valence-electron chi connectivity index (χ4n) is 3.58. The van der Waals surface area contributed by atoms with E-state index in [1.165, 1.54) is 51.4 Å². The van der Waals surface area contributed by atoms with Gasteiger partial charge in [-0.3, -0.25) is 10.6 Å². The van der Waals surface area contributed by atoms with Gasteiger partial charge in [0.2, 0.25) is 0 Å². The van der Waals surface area contributed by atoms with Crippen LogP contribution >= 0.6 is 0 Å². The highest BCUT2D eigenvalue weighted by molar-refractivity contribution is 5.98. The van der Waals surface area contributed by atoms with Gasteiger partial charge in [-0.15, -0.1) is 0 Å². The van der Waals surface area contributed by atoms with Gasteiger partial charge in [-0.2, -0.15) is 0 Å². The van der Waals surface area contributed by atoms with Crippen LogP contribution in [0.15, 0.2) is 0 Å². The van der Waals surface area contributed by atoms with E-state index in [1.807, 2.05) is 0 Å². The van der Waals surface area contributed by atoms with Crippen molar-refractivity contribution in [2.24, 2.45) is 5.92 Å². The molecule has 0 bridgehead atoms. The minimum absolute atomic E-state index is 0.202. The van der Waals surface area contributed by atoms with Crippen LogP contribution in [0.3, 0.4) is 0 Å². The summed E-state index contributed by atoms with van der Waals surface area (Å²) in [5, 5.41) is 7.44. The summed E-state index contributed by atoms with van der Waals surface area (Å²) in [7, 11) is 0.801. The fourth-order valence-corrected chi connectivity index (χ4v) is 4.17. The molecule has 2 aliphatic rings. The van der Waals surface area contributed by atoms with E-state index < -0.39 is 0 Å². The summed E-state index contributed by atoms with van der Waals surface area (Å²) in [5.41, 5.74) is 0. The Labute approximate surface area is 109 Å². The van der Waals surface area contributed by atoms with E-state index in [0.29, 0.717) is 12.0 Å². The topological polar surface area (TPSA) is 33.3 Å². The van der Waals surface area contributed by atoms with Gasteiger partial charge in [-0.05, 0) is 32.2 Å². The Kier molecular flexibility index (Phi) is 5.03. The van der Waals surface area contributed by atoms with E-state index in [2.05, 4.69) is 17.6 Å². The molecule has 100 valence electrons. The Bertz CT molecular complexity index is 227. The molecule has 2 N–H and O–H groups in total. The molecule has 0 heterocycles. The third-order valence-corrected chi connectivity index (χ3v) is 5.11. The monoisotopic (exact) mass is 256 g/mol. The third kappa shape index (κ3) is 3.11. The normalized spacial score (nSPS) is 26.6. The van der Waals surface area contributed by atoms with Crippen molar-refractivity contribution in [1.29, 1.82) is 0 Å². The Balaban J connectivity index is 2.03. The number of hydrogen-bond acceptors (Lipinski definition) is 3. The minimum atomic E-state index is -0.202. The average molecular weight is 256 g/mol. The van der Waals surface area contributed by atoms with Crippen LogP contribution in [0.1, 0.15) is 58.3 Å². The molecule has 2 saturated carbocycles. The van der Waals surface area contributed by atoms with Crippen molar-refractivity contribution in [1.82, 2.24) is 10.6 Å².